The van der Waals surface area contributed by atoms with Gasteiger partial charge in [-0.3, -0.25) is 4.90 Å². The van der Waals surface area contributed by atoms with Crippen molar-refractivity contribution in [3.63, 3.8) is 0 Å². The van der Waals surface area contributed by atoms with Crippen molar-refractivity contribution >= 4 is 0 Å². The molecule has 4 aliphatic rings. The molecule has 0 aromatic heterocycles. The fraction of sp³-hybridized carbons (Fsp3) is 0.379. The zero-order valence-corrected chi connectivity index (χ0v) is 18.2. The Morgan fingerprint density at radius 2 is 1.26 bits per heavy atom. The minimum Gasteiger partial charge on any atom is -0.305 e. The molecule has 4 bridgehead atoms. The highest BCUT2D eigenvalue weighted by Gasteiger charge is 2.58. The molecular formula is C29H32N2. The maximum absolute atomic E-state index is 4.21. The van der Waals surface area contributed by atoms with Gasteiger partial charge in [-0.1, -0.05) is 91.0 Å². The highest BCUT2D eigenvalue weighted by Crippen LogP contribution is 2.54. The van der Waals surface area contributed by atoms with Crippen LogP contribution in [0, 0.1) is 5.92 Å². The maximum Gasteiger partial charge on any atom is 0.0451 e. The van der Waals surface area contributed by atoms with Gasteiger partial charge in [0, 0.05) is 36.6 Å². The molecule has 2 nitrogen and oxygen atoms in total. The van der Waals surface area contributed by atoms with E-state index in [9.17, 15) is 0 Å². The second-order valence-electron chi connectivity index (χ2n) is 9.86. The Labute approximate surface area is 186 Å². The van der Waals surface area contributed by atoms with E-state index in [1.165, 1.54) is 42.4 Å². The Hall–Kier alpha value is -2.42. The Morgan fingerprint density at radius 1 is 0.742 bits per heavy atom. The van der Waals surface area contributed by atoms with E-state index in [4.69, 9.17) is 0 Å². The van der Waals surface area contributed by atoms with Gasteiger partial charge in [0.05, 0.1) is 0 Å². The van der Waals surface area contributed by atoms with Crippen LogP contribution in [0.1, 0.15) is 48.3 Å². The molecule has 2 heteroatoms. The minimum absolute atomic E-state index is 0.0515. The predicted molar refractivity (Wildman–Crippen MR) is 127 cm³/mol. The highest BCUT2D eigenvalue weighted by atomic mass is 15.3. The first-order valence-electron chi connectivity index (χ1n) is 12.0. The van der Waals surface area contributed by atoms with E-state index in [0.717, 1.165) is 25.2 Å². The lowest BCUT2D eigenvalue weighted by atomic mass is 9.60. The number of benzene rings is 3. The molecule has 3 aromatic rings. The summed E-state index contributed by atoms with van der Waals surface area (Å²) in [5.74, 6) is 1.07. The summed E-state index contributed by atoms with van der Waals surface area (Å²) in [5, 5.41) is 4.21. The van der Waals surface area contributed by atoms with Crippen molar-refractivity contribution < 1.29 is 0 Å². The van der Waals surface area contributed by atoms with Crippen molar-refractivity contribution in [1.29, 1.82) is 0 Å². The summed E-state index contributed by atoms with van der Waals surface area (Å²) in [5.41, 5.74) is 4.31. The summed E-state index contributed by atoms with van der Waals surface area (Å²) in [6, 6.07) is 35.1. The van der Waals surface area contributed by atoms with Gasteiger partial charge in [-0.05, 0) is 48.3 Å². The van der Waals surface area contributed by atoms with Gasteiger partial charge in [0.25, 0.3) is 0 Å². The molecule has 3 atom stereocenters. The Balaban J connectivity index is 1.45. The monoisotopic (exact) mass is 408 g/mol. The van der Waals surface area contributed by atoms with E-state index in [-0.39, 0.29) is 5.54 Å². The van der Waals surface area contributed by atoms with Crippen LogP contribution >= 0.6 is 0 Å². The molecule has 4 fully saturated rings. The van der Waals surface area contributed by atoms with E-state index in [1.807, 2.05) is 0 Å². The number of nitrogens with one attached hydrogen (secondary N) is 1. The molecule has 4 heterocycles. The summed E-state index contributed by atoms with van der Waals surface area (Å²) >= 11 is 0. The van der Waals surface area contributed by atoms with Gasteiger partial charge in [0.2, 0.25) is 0 Å². The van der Waals surface area contributed by atoms with E-state index in [1.54, 1.807) is 0 Å². The summed E-state index contributed by atoms with van der Waals surface area (Å²) in [6.45, 7) is 2.09. The Bertz CT molecular complexity index is 949. The van der Waals surface area contributed by atoms with Gasteiger partial charge in [-0.2, -0.15) is 0 Å². The number of piperidine rings is 3. The van der Waals surface area contributed by atoms with E-state index in [2.05, 4.69) is 101 Å². The van der Waals surface area contributed by atoms with Gasteiger partial charge in [0.15, 0.2) is 0 Å². The number of hydrogen-bond donors (Lipinski definition) is 1. The van der Waals surface area contributed by atoms with E-state index in [0.29, 0.717) is 11.8 Å². The molecule has 3 aromatic carbocycles. The van der Waals surface area contributed by atoms with E-state index >= 15 is 0 Å². The second kappa shape index (κ2) is 7.93. The van der Waals surface area contributed by atoms with Crippen molar-refractivity contribution in [1.82, 2.24) is 10.2 Å². The van der Waals surface area contributed by atoms with Crippen molar-refractivity contribution in [3.05, 3.63) is 108 Å². The molecule has 0 spiro atoms. The fourth-order valence-electron chi connectivity index (χ4n) is 6.95. The molecule has 158 valence electrons. The molecule has 0 radical (unpaired) electrons. The highest BCUT2D eigenvalue weighted by molar-refractivity contribution is 5.39. The molecule has 0 aliphatic carbocycles. The zero-order chi connectivity index (χ0) is 20.7. The first-order chi connectivity index (χ1) is 15.3. The first-order valence-corrected chi connectivity index (χ1v) is 12.0. The van der Waals surface area contributed by atoms with Crippen LogP contribution in [0.15, 0.2) is 91.0 Å². The van der Waals surface area contributed by atoms with Gasteiger partial charge >= 0.3 is 0 Å². The largest absolute Gasteiger partial charge is 0.305 e. The summed E-state index contributed by atoms with van der Waals surface area (Å²) in [6.07, 6.45) is 5.48. The lowest BCUT2D eigenvalue weighted by Crippen LogP contribution is -2.71. The number of hydrogen-bond acceptors (Lipinski definition) is 2. The van der Waals surface area contributed by atoms with Crippen LogP contribution in [-0.4, -0.2) is 29.1 Å². The van der Waals surface area contributed by atoms with Gasteiger partial charge in [-0.15, -0.1) is 0 Å². The topological polar surface area (TPSA) is 15.3 Å². The molecule has 0 saturated carbocycles. The van der Waals surface area contributed by atoms with E-state index < -0.39 is 0 Å². The smallest absolute Gasteiger partial charge is 0.0451 e. The number of rotatable bonds is 6. The summed E-state index contributed by atoms with van der Waals surface area (Å²) < 4.78 is 0. The quantitative estimate of drug-likeness (QED) is 0.571. The minimum atomic E-state index is 0.0515. The maximum atomic E-state index is 4.21. The molecule has 4 aliphatic heterocycles. The van der Waals surface area contributed by atoms with Crippen LogP contribution in [0.5, 0.6) is 0 Å². The average Bonchev–Trinajstić information content (AvgIpc) is 3.09. The molecule has 31 heavy (non-hydrogen) atoms. The van der Waals surface area contributed by atoms with Crippen LogP contribution in [0.4, 0.5) is 0 Å². The summed E-state index contributed by atoms with van der Waals surface area (Å²) in [4.78, 5) is 2.87. The van der Waals surface area contributed by atoms with Crippen molar-refractivity contribution in [3.8, 4) is 0 Å². The third kappa shape index (κ3) is 3.33. The molecule has 0 amide bonds. The van der Waals surface area contributed by atoms with Gasteiger partial charge in [-0.25, -0.2) is 0 Å². The first kappa shape index (κ1) is 19.3. The fourth-order valence-corrected chi connectivity index (χ4v) is 6.95. The summed E-state index contributed by atoms with van der Waals surface area (Å²) in [7, 11) is 0. The van der Waals surface area contributed by atoms with Crippen molar-refractivity contribution in [2.75, 3.05) is 6.54 Å². The third-order valence-corrected chi connectivity index (χ3v) is 8.30. The molecule has 4 saturated heterocycles. The number of fused-ring (bicyclic) bond motifs is 1. The molecule has 1 N–H and O–H groups in total. The van der Waals surface area contributed by atoms with Crippen LogP contribution in [0.25, 0.3) is 0 Å². The van der Waals surface area contributed by atoms with Crippen molar-refractivity contribution in [2.24, 2.45) is 5.92 Å². The van der Waals surface area contributed by atoms with Crippen LogP contribution in [0.3, 0.4) is 0 Å². The SMILES string of the molecule is c1ccc(CNC2(C(c3ccccc3)c3ccccc3)CN3C4CCC3CC2C4)cc1. The zero-order valence-electron chi connectivity index (χ0n) is 18.2. The van der Waals surface area contributed by atoms with Crippen molar-refractivity contribution in [2.45, 2.75) is 55.8 Å². The second-order valence-corrected chi connectivity index (χ2v) is 9.86. The lowest BCUT2D eigenvalue weighted by molar-refractivity contribution is -0.0489. The van der Waals surface area contributed by atoms with Gasteiger partial charge in [0.1, 0.15) is 0 Å². The Morgan fingerprint density at radius 3 is 1.77 bits per heavy atom. The standard InChI is InChI=1S/C29H32N2/c1-4-10-22(11-5-1)20-30-29(21-31-26-16-17-27(31)19-25(29)18-26)28(23-12-6-2-7-13-23)24-14-8-3-9-15-24/h1-15,25-28,30H,16-21H2. The van der Waals surface area contributed by atoms with Crippen LogP contribution < -0.4 is 5.32 Å². The third-order valence-electron chi connectivity index (χ3n) is 8.30. The number of nitrogens with zero attached hydrogens (tertiary/aromatic N) is 1. The van der Waals surface area contributed by atoms with Gasteiger partial charge < -0.3 is 5.32 Å². The predicted octanol–water partition coefficient (Wildman–Crippen LogP) is 5.60. The average molecular weight is 409 g/mol. The molecule has 7 rings (SSSR count). The Kier molecular flexibility index (Phi) is 4.93. The molecule has 3 unspecified atom stereocenters. The molecular weight excluding hydrogens is 376 g/mol. The van der Waals surface area contributed by atoms with Crippen LogP contribution in [-0.2, 0) is 6.54 Å². The normalized spacial score (nSPS) is 31.3. The lowest BCUT2D eigenvalue weighted by Gasteiger charge is -2.60. The van der Waals surface area contributed by atoms with Crippen LogP contribution in [0.2, 0.25) is 0 Å².